The van der Waals surface area contributed by atoms with E-state index in [2.05, 4.69) is 6.58 Å². The van der Waals surface area contributed by atoms with Crippen molar-refractivity contribution in [2.75, 3.05) is 6.61 Å². The van der Waals surface area contributed by atoms with Crippen LogP contribution in [0.1, 0.15) is 27.2 Å². The van der Waals surface area contributed by atoms with Gasteiger partial charge in [-0.3, -0.25) is 19.2 Å². The minimum atomic E-state index is -0.934. The Morgan fingerprint density at radius 3 is 2.65 bits per heavy atom. The first-order valence-corrected chi connectivity index (χ1v) is 8.33. The molecule has 1 heterocycles. The molecule has 0 aromatic carbocycles. The summed E-state index contributed by atoms with van der Waals surface area (Å²) in [5.41, 5.74) is 0.139. The molecule has 0 aromatic rings. The van der Waals surface area contributed by atoms with E-state index in [1.807, 2.05) is 0 Å². The molecule has 0 amide bonds. The third kappa shape index (κ3) is 6.07. The zero-order valence-corrected chi connectivity index (χ0v) is 15.2. The van der Waals surface area contributed by atoms with E-state index in [1.54, 1.807) is 19.9 Å². The van der Waals surface area contributed by atoms with Crippen LogP contribution in [0.5, 0.6) is 0 Å². The maximum absolute atomic E-state index is 12.3. The molecular weight excluding hydrogens is 340 g/mol. The summed E-state index contributed by atoms with van der Waals surface area (Å²) < 4.78 is 15.9. The van der Waals surface area contributed by atoms with E-state index < -0.39 is 36.2 Å². The van der Waals surface area contributed by atoms with Crippen molar-refractivity contribution >= 4 is 24.0 Å². The summed E-state index contributed by atoms with van der Waals surface area (Å²) in [6.45, 7) is 8.16. The van der Waals surface area contributed by atoms with Crippen LogP contribution in [-0.2, 0) is 33.4 Å². The molecule has 1 aliphatic rings. The number of carbonyl (C=O) groups is 4. The Morgan fingerprint density at radius 1 is 1.42 bits per heavy atom. The predicted molar refractivity (Wildman–Crippen MR) is 93.1 cm³/mol. The third-order valence-corrected chi connectivity index (χ3v) is 3.76. The Balaban J connectivity index is 3.15. The van der Waals surface area contributed by atoms with Gasteiger partial charge in [0.25, 0.3) is 0 Å². The van der Waals surface area contributed by atoms with E-state index >= 15 is 0 Å². The average Bonchev–Trinajstić information content (AvgIpc) is 2.57. The molecule has 1 rings (SSSR count). The minimum Gasteiger partial charge on any atom is -0.465 e. The maximum atomic E-state index is 12.3. The molecule has 26 heavy (non-hydrogen) atoms. The molecular formula is C19H24O7. The monoisotopic (exact) mass is 364 g/mol. The van der Waals surface area contributed by atoms with Gasteiger partial charge in [-0.15, -0.1) is 0 Å². The van der Waals surface area contributed by atoms with Crippen LogP contribution >= 0.6 is 0 Å². The van der Waals surface area contributed by atoms with Gasteiger partial charge in [0, 0.05) is 18.9 Å². The summed E-state index contributed by atoms with van der Waals surface area (Å²) in [4.78, 5) is 46.8. The first-order chi connectivity index (χ1) is 12.3. The lowest BCUT2D eigenvalue weighted by Crippen LogP contribution is -2.40. The highest BCUT2D eigenvalue weighted by Crippen LogP contribution is 2.25. The summed E-state index contributed by atoms with van der Waals surface area (Å²) in [5, 5.41) is 0. The quantitative estimate of drug-likeness (QED) is 0.349. The van der Waals surface area contributed by atoms with Crippen molar-refractivity contribution in [1.82, 2.24) is 0 Å². The molecule has 0 fully saturated rings. The molecule has 0 spiro atoms. The van der Waals surface area contributed by atoms with E-state index in [9.17, 15) is 19.2 Å². The number of ether oxygens (including phenoxy) is 3. The summed E-state index contributed by atoms with van der Waals surface area (Å²) >= 11 is 0. The van der Waals surface area contributed by atoms with Gasteiger partial charge in [0.05, 0.1) is 12.7 Å². The fourth-order valence-electron chi connectivity index (χ4n) is 2.55. The lowest BCUT2D eigenvalue weighted by Gasteiger charge is -2.30. The van der Waals surface area contributed by atoms with Crippen molar-refractivity contribution in [1.29, 1.82) is 0 Å². The molecule has 0 saturated carbocycles. The highest BCUT2D eigenvalue weighted by Gasteiger charge is 2.36. The zero-order valence-electron chi connectivity index (χ0n) is 15.2. The molecule has 0 aliphatic carbocycles. The van der Waals surface area contributed by atoms with Crippen molar-refractivity contribution in [2.45, 2.75) is 45.5 Å². The fraction of sp³-hybridized carbons (Fsp3) is 0.474. The topological polar surface area (TPSA) is 96.0 Å². The molecule has 1 aliphatic heterocycles. The van der Waals surface area contributed by atoms with Gasteiger partial charge in [-0.2, -0.15) is 0 Å². The molecule has 142 valence electrons. The van der Waals surface area contributed by atoms with Gasteiger partial charge in [-0.25, -0.2) is 0 Å². The van der Waals surface area contributed by atoms with Crippen LogP contribution in [0.15, 0.2) is 36.5 Å². The first kappa shape index (κ1) is 21.5. The van der Waals surface area contributed by atoms with E-state index in [4.69, 9.17) is 14.2 Å². The van der Waals surface area contributed by atoms with Gasteiger partial charge in [0.15, 0.2) is 5.78 Å². The van der Waals surface area contributed by atoms with Gasteiger partial charge >= 0.3 is 11.9 Å². The fourth-order valence-corrected chi connectivity index (χ4v) is 2.55. The van der Waals surface area contributed by atoms with Crippen LogP contribution in [0.3, 0.4) is 0 Å². The van der Waals surface area contributed by atoms with E-state index in [1.165, 1.54) is 25.2 Å². The number of aldehydes is 1. The number of allylic oxidation sites excluding steroid dienone is 2. The van der Waals surface area contributed by atoms with Crippen LogP contribution in [0, 0.1) is 5.92 Å². The van der Waals surface area contributed by atoms with Crippen molar-refractivity contribution in [2.24, 2.45) is 5.92 Å². The molecule has 7 nitrogen and oxygen atoms in total. The van der Waals surface area contributed by atoms with E-state index in [0.29, 0.717) is 6.29 Å². The Bertz CT molecular complexity index is 617. The number of hydrogen-bond acceptors (Lipinski definition) is 7. The third-order valence-electron chi connectivity index (χ3n) is 3.76. The van der Waals surface area contributed by atoms with Crippen LogP contribution in [-0.4, -0.2) is 48.9 Å². The molecule has 0 N–H and O–H groups in total. The van der Waals surface area contributed by atoms with Crippen molar-refractivity contribution in [3.8, 4) is 0 Å². The molecule has 4 atom stereocenters. The molecule has 0 bridgehead atoms. The lowest BCUT2D eigenvalue weighted by molar-refractivity contribution is -0.160. The summed E-state index contributed by atoms with van der Waals surface area (Å²) in [7, 11) is 0. The smallest absolute Gasteiger partial charge is 0.316 e. The number of ketones is 1. The maximum Gasteiger partial charge on any atom is 0.316 e. The highest BCUT2D eigenvalue weighted by molar-refractivity contribution is 5.99. The highest BCUT2D eigenvalue weighted by atomic mass is 16.6. The summed E-state index contributed by atoms with van der Waals surface area (Å²) in [6.07, 6.45) is 3.86. The van der Waals surface area contributed by atoms with Crippen molar-refractivity contribution < 1.29 is 33.4 Å². The Kier molecular flexibility index (Phi) is 8.64. The molecule has 7 heteroatoms. The van der Waals surface area contributed by atoms with Crippen molar-refractivity contribution in [3.05, 3.63) is 36.5 Å². The number of hydrogen-bond donors (Lipinski definition) is 0. The van der Waals surface area contributed by atoms with Gasteiger partial charge < -0.3 is 14.2 Å². The average molecular weight is 364 g/mol. The largest absolute Gasteiger partial charge is 0.465 e. The Morgan fingerprint density at radius 2 is 2.12 bits per heavy atom. The second-order valence-electron chi connectivity index (χ2n) is 5.71. The number of esters is 2. The van der Waals surface area contributed by atoms with Crippen LogP contribution in [0.2, 0.25) is 0 Å². The normalized spacial score (nSPS) is 22.3. The first-order valence-electron chi connectivity index (χ1n) is 8.33. The Labute approximate surface area is 152 Å². The molecule has 0 unspecified atom stereocenters. The van der Waals surface area contributed by atoms with E-state index in [-0.39, 0.29) is 24.4 Å². The van der Waals surface area contributed by atoms with Crippen LogP contribution < -0.4 is 0 Å². The lowest BCUT2D eigenvalue weighted by atomic mass is 9.91. The number of rotatable bonds is 9. The van der Waals surface area contributed by atoms with Crippen LogP contribution in [0.4, 0.5) is 0 Å². The minimum absolute atomic E-state index is 0.0206. The molecule has 0 aromatic heterocycles. The van der Waals surface area contributed by atoms with Gasteiger partial charge in [0.2, 0.25) is 0 Å². The van der Waals surface area contributed by atoms with Crippen LogP contribution in [0.25, 0.3) is 0 Å². The molecule has 0 radical (unpaired) electrons. The standard InChI is InChI=1S/C19H24O7/c1-5-7-8-15(19(23)24-6-2)18(26-13(4)21)10-17-14(11-20)9-16(22)12(3)25-17/h5,7-9,11-12,15,17-18H,1,6,10H2,2-4H3/b8-7+/t12-,15+,17-,18+/m0/s1. The van der Waals surface area contributed by atoms with Crippen molar-refractivity contribution in [3.63, 3.8) is 0 Å². The second kappa shape index (κ2) is 10.5. The number of carbonyl (C=O) groups excluding carboxylic acids is 4. The van der Waals surface area contributed by atoms with E-state index in [0.717, 1.165) is 0 Å². The Hall–Kier alpha value is -2.54. The second-order valence-corrected chi connectivity index (χ2v) is 5.71. The molecule has 0 saturated heterocycles. The SMILES string of the molecule is C=C/C=C/[C@@H](C(=O)OCC)[C@@H](C[C@@H]1O[C@@H](C)C(=O)C=C1C=O)OC(C)=O. The summed E-state index contributed by atoms with van der Waals surface area (Å²) in [5.74, 6) is -2.39. The zero-order chi connectivity index (χ0) is 19.7. The van der Waals surface area contributed by atoms with Gasteiger partial charge in [-0.05, 0) is 19.9 Å². The van der Waals surface area contributed by atoms with Gasteiger partial charge in [-0.1, -0.05) is 24.8 Å². The van der Waals surface area contributed by atoms with Gasteiger partial charge in [0.1, 0.15) is 24.4 Å². The predicted octanol–water partition coefficient (Wildman–Crippen LogP) is 1.71. The summed E-state index contributed by atoms with van der Waals surface area (Å²) in [6, 6.07) is 0.